The van der Waals surface area contributed by atoms with Gasteiger partial charge in [0, 0.05) is 28.5 Å². The van der Waals surface area contributed by atoms with Crippen molar-refractivity contribution in [2.24, 2.45) is 0 Å². The Morgan fingerprint density at radius 1 is 1.25 bits per heavy atom. The van der Waals surface area contributed by atoms with E-state index in [2.05, 4.69) is 4.98 Å². The molecule has 2 aromatic rings. The van der Waals surface area contributed by atoms with Crippen molar-refractivity contribution in [3.8, 4) is 0 Å². The third-order valence-electron chi connectivity index (χ3n) is 4.18. The number of aldehydes is 1. The van der Waals surface area contributed by atoms with Crippen LogP contribution >= 0.6 is 34.8 Å². The number of carbonyl (C=O) groups excluding carboxylic acids is 1. The molecule has 0 saturated carbocycles. The Balaban J connectivity index is 2.26. The highest BCUT2D eigenvalue weighted by atomic mass is 35.5. The van der Waals surface area contributed by atoms with Gasteiger partial charge < -0.3 is 29.8 Å². The first-order valence-electron chi connectivity index (χ1n) is 7.14. The van der Waals surface area contributed by atoms with E-state index < -0.39 is 31.0 Å². The minimum Gasteiger partial charge on any atom is -0.394 e. The smallest absolute Gasteiger partial charge is 0.124 e. The molecule has 4 N–H and O–H groups in total. The average Bonchev–Trinajstić information content (AvgIpc) is 3.00. The van der Waals surface area contributed by atoms with Gasteiger partial charge in [0.1, 0.15) is 35.9 Å². The van der Waals surface area contributed by atoms with Gasteiger partial charge in [-0.2, -0.15) is 0 Å². The fourth-order valence-corrected chi connectivity index (χ4v) is 3.79. The molecular formula is C15H14Cl3NO5. The summed E-state index contributed by atoms with van der Waals surface area (Å²) in [5.74, 6) is 0. The van der Waals surface area contributed by atoms with Crippen molar-refractivity contribution >= 4 is 52.0 Å². The molecule has 6 nitrogen and oxygen atoms in total. The Morgan fingerprint density at radius 2 is 1.96 bits per heavy atom. The summed E-state index contributed by atoms with van der Waals surface area (Å²) in [4.78, 5) is 13.9. The number of carbonyl (C=O) groups is 1. The molecule has 2 heterocycles. The Kier molecular flexibility index (Phi) is 5.09. The minimum absolute atomic E-state index is 0.0264. The molecule has 0 spiro atoms. The number of aliphatic hydroxyl groups excluding tert-OH is 3. The van der Waals surface area contributed by atoms with Gasteiger partial charge in [0.05, 0.1) is 16.7 Å². The van der Waals surface area contributed by atoms with E-state index in [0.717, 1.165) is 0 Å². The number of ether oxygens (including phenoxy) is 1. The van der Waals surface area contributed by atoms with Crippen LogP contribution in [-0.2, 0) is 16.0 Å². The lowest BCUT2D eigenvalue weighted by molar-refractivity contribution is -0.107. The van der Waals surface area contributed by atoms with Crippen molar-refractivity contribution in [3.63, 3.8) is 0 Å². The molecule has 0 amide bonds. The van der Waals surface area contributed by atoms with E-state index in [1.807, 2.05) is 0 Å². The van der Waals surface area contributed by atoms with E-state index in [0.29, 0.717) is 28.3 Å². The largest absolute Gasteiger partial charge is 0.394 e. The quantitative estimate of drug-likeness (QED) is 0.594. The second-order valence-electron chi connectivity index (χ2n) is 5.56. The molecule has 1 fully saturated rings. The zero-order chi connectivity index (χ0) is 17.6. The van der Waals surface area contributed by atoms with Gasteiger partial charge in [-0.1, -0.05) is 34.8 Å². The summed E-state index contributed by atoms with van der Waals surface area (Å²) in [7, 11) is 0. The number of hydrogen-bond acceptors (Lipinski definition) is 5. The zero-order valence-electron chi connectivity index (χ0n) is 12.2. The maximum absolute atomic E-state index is 11.0. The predicted octanol–water partition coefficient (Wildman–Crippen LogP) is 2.02. The normalized spacial score (nSPS) is 27.1. The third-order valence-corrected chi connectivity index (χ3v) is 5.31. The number of aromatic amines is 1. The SMILES string of the molecule is O=CCc1c(Cl)[nH]c2cc(Cl)c(Cl)c([C@@H]3O[C@H](CO)[C@@H](O)[C@H]3O)c12. The highest BCUT2D eigenvalue weighted by Gasteiger charge is 2.45. The summed E-state index contributed by atoms with van der Waals surface area (Å²) in [6, 6.07) is 1.56. The van der Waals surface area contributed by atoms with Gasteiger partial charge in [0.25, 0.3) is 0 Å². The van der Waals surface area contributed by atoms with Crippen LogP contribution in [0.5, 0.6) is 0 Å². The zero-order valence-corrected chi connectivity index (χ0v) is 14.4. The molecule has 3 rings (SSSR count). The van der Waals surface area contributed by atoms with Crippen LogP contribution in [0, 0.1) is 0 Å². The van der Waals surface area contributed by atoms with Crippen LogP contribution in [0.1, 0.15) is 17.2 Å². The average molecular weight is 395 g/mol. The standard InChI is InChI=1S/C15H14Cl3NO5/c16-6-3-7-9(5(1-2-20)15(18)19-7)10(11(6)17)14-13(23)12(22)8(4-21)24-14/h2-3,8,12-14,19,21-23H,1,4H2/t8-,12-,13-,14+/m1/s1. The van der Waals surface area contributed by atoms with Crippen LogP contribution in [0.25, 0.3) is 10.9 Å². The van der Waals surface area contributed by atoms with Crippen molar-refractivity contribution in [3.05, 3.63) is 32.4 Å². The number of benzene rings is 1. The number of hydrogen-bond donors (Lipinski definition) is 4. The third kappa shape index (κ3) is 2.72. The molecule has 0 unspecified atom stereocenters. The molecule has 1 aliphatic heterocycles. The summed E-state index contributed by atoms with van der Waals surface area (Å²) in [6.07, 6.45) is -3.87. The Morgan fingerprint density at radius 3 is 2.54 bits per heavy atom. The van der Waals surface area contributed by atoms with Crippen LogP contribution in [0.15, 0.2) is 6.07 Å². The Hall–Kier alpha value is -0.860. The molecular weight excluding hydrogens is 381 g/mol. The predicted molar refractivity (Wildman–Crippen MR) is 89.8 cm³/mol. The molecule has 1 aromatic heterocycles. The molecule has 130 valence electrons. The summed E-state index contributed by atoms with van der Waals surface area (Å²) in [6.45, 7) is -0.467. The maximum Gasteiger partial charge on any atom is 0.124 e. The summed E-state index contributed by atoms with van der Waals surface area (Å²) in [5, 5.41) is 30.7. The number of halogens is 3. The van der Waals surface area contributed by atoms with Gasteiger partial charge in [0.15, 0.2) is 0 Å². The van der Waals surface area contributed by atoms with Gasteiger partial charge in [-0.05, 0) is 6.07 Å². The van der Waals surface area contributed by atoms with E-state index in [9.17, 15) is 20.1 Å². The number of nitrogens with one attached hydrogen (secondary N) is 1. The van der Waals surface area contributed by atoms with Crippen molar-refractivity contribution in [2.45, 2.75) is 30.8 Å². The van der Waals surface area contributed by atoms with Crippen LogP contribution in [-0.4, -0.2) is 51.5 Å². The molecule has 1 aliphatic rings. The topological polar surface area (TPSA) is 103 Å². The fraction of sp³-hybridized carbons (Fsp3) is 0.400. The highest BCUT2D eigenvalue weighted by Crippen LogP contribution is 2.45. The van der Waals surface area contributed by atoms with Crippen LogP contribution in [0.2, 0.25) is 15.2 Å². The van der Waals surface area contributed by atoms with E-state index in [1.54, 1.807) is 6.07 Å². The molecule has 1 saturated heterocycles. The molecule has 24 heavy (non-hydrogen) atoms. The first kappa shape index (κ1) is 17.9. The van der Waals surface area contributed by atoms with Gasteiger partial charge in [-0.15, -0.1) is 0 Å². The van der Waals surface area contributed by atoms with Crippen molar-refractivity contribution in [1.82, 2.24) is 4.98 Å². The molecule has 0 radical (unpaired) electrons. The lowest BCUT2D eigenvalue weighted by Gasteiger charge is -2.19. The fourth-order valence-electron chi connectivity index (χ4n) is 3.05. The van der Waals surface area contributed by atoms with Crippen LogP contribution in [0.3, 0.4) is 0 Å². The lowest BCUT2D eigenvalue weighted by Crippen LogP contribution is -2.32. The van der Waals surface area contributed by atoms with Gasteiger partial charge >= 0.3 is 0 Å². The van der Waals surface area contributed by atoms with E-state index in [1.165, 1.54) is 0 Å². The number of fused-ring (bicyclic) bond motifs is 1. The van der Waals surface area contributed by atoms with E-state index >= 15 is 0 Å². The number of aliphatic hydroxyl groups is 3. The van der Waals surface area contributed by atoms with E-state index in [-0.39, 0.29) is 21.6 Å². The maximum atomic E-state index is 11.0. The molecule has 0 bridgehead atoms. The lowest BCUT2D eigenvalue weighted by atomic mass is 9.96. The van der Waals surface area contributed by atoms with E-state index in [4.69, 9.17) is 39.5 Å². The van der Waals surface area contributed by atoms with Crippen molar-refractivity contribution in [2.75, 3.05) is 6.61 Å². The first-order chi connectivity index (χ1) is 11.4. The van der Waals surface area contributed by atoms with Crippen LogP contribution < -0.4 is 0 Å². The molecule has 9 heteroatoms. The Bertz CT molecular complexity index is 793. The van der Waals surface area contributed by atoms with Crippen molar-refractivity contribution in [1.29, 1.82) is 0 Å². The second kappa shape index (κ2) is 6.80. The first-order valence-corrected chi connectivity index (χ1v) is 8.28. The summed E-state index contributed by atoms with van der Waals surface area (Å²) >= 11 is 18.6. The molecule has 4 atom stereocenters. The van der Waals surface area contributed by atoms with Gasteiger partial charge in [-0.25, -0.2) is 0 Å². The number of rotatable bonds is 4. The highest BCUT2D eigenvalue weighted by molar-refractivity contribution is 6.44. The summed E-state index contributed by atoms with van der Waals surface area (Å²) < 4.78 is 5.57. The molecule has 0 aliphatic carbocycles. The number of H-pyrrole nitrogens is 1. The molecule has 1 aromatic carbocycles. The second-order valence-corrected chi connectivity index (χ2v) is 6.72. The summed E-state index contributed by atoms with van der Waals surface area (Å²) in [5.41, 5.74) is 1.34. The van der Waals surface area contributed by atoms with Gasteiger partial charge in [0.2, 0.25) is 0 Å². The number of aromatic nitrogens is 1. The van der Waals surface area contributed by atoms with Crippen molar-refractivity contribution < 1.29 is 24.9 Å². The Labute approximate surface area is 151 Å². The van der Waals surface area contributed by atoms with Crippen LogP contribution in [0.4, 0.5) is 0 Å². The minimum atomic E-state index is -1.32. The monoisotopic (exact) mass is 393 g/mol. The van der Waals surface area contributed by atoms with Gasteiger partial charge in [-0.3, -0.25) is 0 Å².